The molecular formula is C16H25NO2. The highest BCUT2D eigenvalue weighted by atomic mass is 16.5. The monoisotopic (exact) mass is 263 g/mol. The first kappa shape index (κ1) is 14.2. The van der Waals surface area contributed by atoms with Crippen molar-refractivity contribution >= 4 is 0 Å². The number of hydrogen-bond acceptors (Lipinski definition) is 3. The zero-order chi connectivity index (χ0) is 13.5. The summed E-state index contributed by atoms with van der Waals surface area (Å²) in [5.41, 5.74) is 1.21. The zero-order valence-corrected chi connectivity index (χ0v) is 12.1. The van der Waals surface area contributed by atoms with Crippen LogP contribution in [0.4, 0.5) is 0 Å². The fourth-order valence-electron chi connectivity index (χ4n) is 2.59. The lowest BCUT2D eigenvalue weighted by Gasteiger charge is -2.16. The molecule has 0 spiro atoms. The van der Waals surface area contributed by atoms with Crippen LogP contribution in [0.2, 0.25) is 0 Å². The maximum Gasteiger partial charge on any atom is 0.127 e. The van der Waals surface area contributed by atoms with Crippen molar-refractivity contribution in [2.24, 2.45) is 5.92 Å². The molecule has 1 N–H and O–H groups in total. The van der Waals surface area contributed by atoms with Gasteiger partial charge in [-0.15, -0.1) is 0 Å². The third kappa shape index (κ3) is 4.13. The largest absolute Gasteiger partial charge is 0.497 e. The first-order valence-corrected chi connectivity index (χ1v) is 7.34. The topological polar surface area (TPSA) is 30.5 Å². The van der Waals surface area contributed by atoms with Crippen LogP contribution < -0.4 is 14.8 Å². The van der Waals surface area contributed by atoms with E-state index in [4.69, 9.17) is 9.47 Å². The van der Waals surface area contributed by atoms with Crippen molar-refractivity contribution in [1.82, 2.24) is 5.32 Å². The van der Waals surface area contributed by atoms with Gasteiger partial charge in [0.05, 0.1) is 13.7 Å². The summed E-state index contributed by atoms with van der Waals surface area (Å²) in [6.45, 7) is 4.77. The zero-order valence-electron chi connectivity index (χ0n) is 12.1. The predicted octanol–water partition coefficient (Wildman–Crippen LogP) is 3.37. The van der Waals surface area contributed by atoms with Gasteiger partial charge in [0.2, 0.25) is 0 Å². The molecule has 0 bridgehead atoms. The van der Waals surface area contributed by atoms with Crippen LogP contribution in [0.1, 0.15) is 38.2 Å². The van der Waals surface area contributed by atoms with Crippen molar-refractivity contribution in [3.05, 3.63) is 23.8 Å². The molecule has 0 aliphatic heterocycles. The lowest BCUT2D eigenvalue weighted by molar-refractivity contribution is 0.248. The van der Waals surface area contributed by atoms with Crippen LogP contribution in [0.3, 0.4) is 0 Å². The number of nitrogens with one attached hydrogen (secondary N) is 1. The van der Waals surface area contributed by atoms with Crippen LogP contribution in [-0.2, 0) is 6.54 Å². The molecule has 0 atom stereocenters. The van der Waals surface area contributed by atoms with Gasteiger partial charge in [0.1, 0.15) is 11.5 Å². The van der Waals surface area contributed by atoms with Gasteiger partial charge in [0, 0.05) is 18.2 Å². The van der Waals surface area contributed by atoms with Crippen molar-refractivity contribution in [3.8, 4) is 11.5 Å². The van der Waals surface area contributed by atoms with E-state index >= 15 is 0 Å². The van der Waals surface area contributed by atoms with E-state index in [0.717, 1.165) is 37.1 Å². The van der Waals surface area contributed by atoms with Gasteiger partial charge in [0.25, 0.3) is 0 Å². The van der Waals surface area contributed by atoms with Gasteiger partial charge in [0.15, 0.2) is 0 Å². The van der Waals surface area contributed by atoms with Gasteiger partial charge in [-0.2, -0.15) is 0 Å². The lowest BCUT2D eigenvalue weighted by Crippen LogP contribution is -2.14. The van der Waals surface area contributed by atoms with Crippen LogP contribution in [0.25, 0.3) is 0 Å². The Hall–Kier alpha value is -1.22. The molecule has 1 fully saturated rings. The molecular weight excluding hydrogens is 238 g/mol. The first-order valence-electron chi connectivity index (χ1n) is 7.34. The summed E-state index contributed by atoms with van der Waals surface area (Å²) >= 11 is 0. The molecule has 0 amide bonds. The van der Waals surface area contributed by atoms with E-state index in [1.54, 1.807) is 7.11 Å². The maximum absolute atomic E-state index is 6.04. The number of hydrogen-bond donors (Lipinski definition) is 1. The van der Waals surface area contributed by atoms with E-state index in [9.17, 15) is 0 Å². The standard InChI is InChI=1S/C16H25NO2/c1-3-17-11-14-8-9-15(18-2)10-16(14)19-12-13-6-4-5-7-13/h8-10,13,17H,3-7,11-12H2,1-2H3. The molecule has 1 aliphatic carbocycles. The molecule has 1 aromatic rings. The Morgan fingerprint density at radius 3 is 2.74 bits per heavy atom. The molecule has 1 saturated carbocycles. The summed E-state index contributed by atoms with van der Waals surface area (Å²) in [4.78, 5) is 0. The SMILES string of the molecule is CCNCc1ccc(OC)cc1OCC1CCCC1. The van der Waals surface area contributed by atoms with E-state index in [0.29, 0.717) is 0 Å². The summed E-state index contributed by atoms with van der Waals surface area (Å²) in [5, 5.41) is 3.35. The van der Waals surface area contributed by atoms with Gasteiger partial charge in [-0.25, -0.2) is 0 Å². The molecule has 19 heavy (non-hydrogen) atoms. The predicted molar refractivity (Wildman–Crippen MR) is 77.8 cm³/mol. The lowest BCUT2D eigenvalue weighted by atomic mass is 10.1. The minimum atomic E-state index is 0.734. The Morgan fingerprint density at radius 2 is 2.05 bits per heavy atom. The second kappa shape index (κ2) is 7.39. The third-order valence-electron chi connectivity index (χ3n) is 3.79. The highest BCUT2D eigenvalue weighted by Gasteiger charge is 2.16. The molecule has 106 valence electrons. The Balaban J connectivity index is 2.00. The summed E-state index contributed by atoms with van der Waals surface area (Å²) in [5.74, 6) is 2.56. The van der Waals surface area contributed by atoms with Gasteiger partial charge in [-0.3, -0.25) is 0 Å². The summed E-state index contributed by atoms with van der Waals surface area (Å²) in [6, 6.07) is 6.09. The van der Waals surface area contributed by atoms with Crippen molar-refractivity contribution < 1.29 is 9.47 Å². The van der Waals surface area contributed by atoms with E-state index < -0.39 is 0 Å². The fraction of sp³-hybridized carbons (Fsp3) is 0.625. The molecule has 0 unspecified atom stereocenters. The van der Waals surface area contributed by atoms with E-state index in [2.05, 4.69) is 18.3 Å². The van der Waals surface area contributed by atoms with Gasteiger partial charge in [-0.1, -0.05) is 25.8 Å². The summed E-state index contributed by atoms with van der Waals surface area (Å²) in [7, 11) is 1.69. The number of methoxy groups -OCH3 is 1. The van der Waals surface area contributed by atoms with Crippen molar-refractivity contribution in [2.75, 3.05) is 20.3 Å². The smallest absolute Gasteiger partial charge is 0.127 e. The number of ether oxygens (including phenoxy) is 2. The quantitative estimate of drug-likeness (QED) is 0.818. The third-order valence-corrected chi connectivity index (χ3v) is 3.79. The Labute approximate surface area is 116 Å². The molecule has 3 nitrogen and oxygen atoms in total. The molecule has 0 aromatic heterocycles. The average molecular weight is 263 g/mol. The van der Waals surface area contributed by atoms with Crippen molar-refractivity contribution in [2.45, 2.75) is 39.2 Å². The van der Waals surface area contributed by atoms with Crippen molar-refractivity contribution in [3.63, 3.8) is 0 Å². The van der Waals surface area contributed by atoms with Crippen LogP contribution in [0.15, 0.2) is 18.2 Å². The average Bonchev–Trinajstić information content (AvgIpc) is 2.96. The second-order valence-electron chi connectivity index (χ2n) is 5.22. The van der Waals surface area contributed by atoms with Crippen molar-refractivity contribution in [1.29, 1.82) is 0 Å². The van der Waals surface area contributed by atoms with Gasteiger partial charge >= 0.3 is 0 Å². The molecule has 1 aromatic carbocycles. The van der Waals surface area contributed by atoms with E-state index in [-0.39, 0.29) is 0 Å². The molecule has 0 heterocycles. The highest BCUT2D eigenvalue weighted by Crippen LogP contribution is 2.29. The minimum Gasteiger partial charge on any atom is -0.497 e. The Bertz CT molecular complexity index is 386. The van der Waals surface area contributed by atoms with Crippen LogP contribution in [0.5, 0.6) is 11.5 Å². The second-order valence-corrected chi connectivity index (χ2v) is 5.22. The Morgan fingerprint density at radius 1 is 1.26 bits per heavy atom. The first-order chi connectivity index (χ1) is 9.33. The van der Waals surface area contributed by atoms with Crippen LogP contribution >= 0.6 is 0 Å². The van der Waals surface area contributed by atoms with Gasteiger partial charge in [-0.05, 0) is 31.4 Å². The molecule has 3 heteroatoms. The van der Waals surface area contributed by atoms with E-state index in [1.165, 1.54) is 31.2 Å². The molecule has 2 rings (SSSR count). The normalized spacial score (nSPS) is 15.7. The fourth-order valence-corrected chi connectivity index (χ4v) is 2.59. The maximum atomic E-state index is 6.04. The van der Waals surface area contributed by atoms with E-state index in [1.807, 2.05) is 12.1 Å². The molecule has 0 saturated heterocycles. The summed E-state index contributed by atoms with van der Waals surface area (Å²) < 4.78 is 11.3. The highest BCUT2D eigenvalue weighted by molar-refractivity contribution is 5.40. The molecule has 1 aliphatic rings. The van der Waals surface area contributed by atoms with Crippen LogP contribution in [0, 0.1) is 5.92 Å². The van der Waals surface area contributed by atoms with Crippen LogP contribution in [-0.4, -0.2) is 20.3 Å². The number of rotatable bonds is 7. The Kier molecular flexibility index (Phi) is 5.52. The minimum absolute atomic E-state index is 0.734. The molecule has 0 radical (unpaired) electrons. The summed E-state index contributed by atoms with van der Waals surface area (Å²) in [6.07, 6.45) is 5.34. The number of benzene rings is 1. The van der Waals surface area contributed by atoms with Gasteiger partial charge < -0.3 is 14.8 Å².